The predicted molar refractivity (Wildman–Crippen MR) is 176 cm³/mol. The summed E-state index contributed by atoms with van der Waals surface area (Å²) in [6.07, 6.45) is 15.0. The maximum Gasteiger partial charge on any atom is 0.161 e. The van der Waals surface area contributed by atoms with Crippen molar-refractivity contribution >= 4 is 12.4 Å². The number of nitriles is 1. The number of rotatable bonds is 19. The normalized spacial score (nSPS) is 16.1. The molecule has 0 bridgehead atoms. The molecular formula is C36H54ClFN2O3. The van der Waals surface area contributed by atoms with E-state index < -0.39 is 11.5 Å². The van der Waals surface area contributed by atoms with Crippen LogP contribution in [0.1, 0.15) is 114 Å². The van der Waals surface area contributed by atoms with Gasteiger partial charge in [0, 0.05) is 0 Å². The minimum absolute atomic E-state index is 0. The van der Waals surface area contributed by atoms with Crippen LogP contribution in [-0.4, -0.2) is 43.9 Å². The van der Waals surface area contributed by atoms with E-state index in [0.717, 1.165) is 75.7 Å². The van der Waals surface area contributed by atoms with E-state index in [9.17, 15) is 14.8 Å². The van der Waals surface area contributed by atoms with Crippen molar-refractivity contribution in [2.24, 2.45) is 5.92 Å². The number of methoxy groups -OCH3 is 2. The molecule has 1 aliphatic heterocycles. The zero-order valence-corrected chi connectivity index (χ0v) is 27.5. The summed E-state index contributed by atoms with van der Waals surface area (Å²) in [7, 11) is 3.29. The second kappa shape index (κ2) is 19.8. The fourth-order valence-electron chi connectivity index (χ4n) is 6.47. The summed E-state index contributed by atoms with van der Waals surface area (Å²) in [5.41, 5.74) is 1.30. The third-order valence-corrected chi connectivity index (χ3v) is 9.23. The van der Waals surface area contributed by atoms with Crippen molar-refractivity contribution in [2.75, 3.05) is 33.9 Å². The second-order valence-electron chi connectivity index (χ2n) is 12.1. The molecule has 7 heteroatoms. The van der Waals surface area contributed by atoms with Gasteiger partial charge in [-0.2, -0.15) is 5.26 Å². The lowest BCUT2D eigenvalue weighted by Crippen LogP contribution is -2.36. The molecule has 2 aromatic carbocycles. The zero-order valence-electron chi connectivity index (χ0n) is 26.7. The molecule has 0 aliphatic carbocycles. The van der Waals surface area contributed by atoms with E-state index in [4.69, 9.17) is 9.47 Å². The highest BCUT2D eigenvalue weighted by Gasteiger charge is 2.33. The van der Waals surface area contributed by atoms with Gasteiger partial charge in [-0.25, -0.2) is 4.39 Å². The molecule has 1 fully saturated rings. The van der Waals surface area contributed by atoms with Gasteiger partial charge in [0.15, 0.2) is 11.5 Å². The van der Waals surface area contributed by atoms with Gasteiger partial charge in [-0.05, 0) is 93.0 Å². The topological polar surface area (TPSA) is 65.7 Å². The fraction of sp³-hybridized carbons (Fsp3) is 0.639. The molecule has 5 nitrogen and oxygen atoms in total. The minimum atomic E-state index is -0.540. The molecule has 1 heterocycles. The Morgan fingerprint density at radius 1 is 0.884 bits per heavy atom. The highest BCUT2D eigenvalue weighted by Crippen LogP contribution is 2.40. The molecule has 0 aromatic heterocycles. The largest absolute Gasteiger partial charge is 0.493 e. The molecule has 1 aliphatic rings. The number of hydrogen-bond donors (Lipinski definition) is 1. The van der Waals surface area contributed by atoms with Crippen molar-refractivity contribution in [2.45, 2.75) is 108 Å². The molecule has 0 saturated carbocycles. The van der Waals surface area contributed by atoms with E-state index in [1.807, 2.05) is 18.2 Å². The van der Waals surface area contributed by atoms with Gasteiger partial charge in [0.2, 0.25) is 0 Å². The van der Waals surface area contributed by atoms with E-state index in [1.54, 1.807) is 26.4 Å². The number of unbranched alkanes of at least 4 members (excludes halogenated alkanes) is 8. The molecule has 1 saturated heterocycles. The first-order chi connectivity index (χ1) is 20.5. The smallest absolute Gasteiger partial charge is 0.161 e. The van der Waals surface area contributed by atoms with Crippen molar-refractivity contribution < 1.29 is 19.0 Å². The third kappa shape index (κ3) is 11.3. The van der Waals surface area contributed by atoms with Crippen molar-refractivity contribution in [1.82, 2.24) is 4.90 Å². The van der Waals surface area contributed by atoms with Gasteiger partial charge in [-0.3, -0.25) is 0 Å². The molecular weight excluding hydrogens is 563 g/mol. The first kappa shape index (κ1) is 36.9. The summed E-state index contributed by atoms with van der Waals surface area (Å²) in [6, 6.07) is 15.0. The van der Waals surface area contributed by atoms with Crippen LogP contribution in [0.15, 0.2) is 42.5 Å². The van der Waals surface area contributed by atoms with Crippen LogP contribution in [0, 0.1) is 23.1 Å². The highest BCUT2D eigenvalue weighted by molar-refractivity contribution is 5.85. The summed E-state index contributed by atoms with van der Waals surface area (Å²) < 4.78 is 24.3. The Bertz CT molecular complexity index is 1080. The second-order valence-corrected chi connectivity index (χ2v) is 12.1. The molecule has 240 valence electrons. The molecule has 2 atom stereocenters. The summed E-state index contributed by atoms with van der Waals surface area (Å²) in [4.78, 5) is 2.48. The van der Waals surface area contributed by atoms with E-state index >= 15 is 0 Å². The zero-order chi connectivity index (χ0) is 30.2. The van der Waals surface area contributed by atoms with Gasteiger partial charge < -0.3 is 19.5 Å². The van der Waals surface area contributed by atoms with Crippen LogP contribution in [0.2, 0.25) is 0 Å². The maximum absolute atomic E-state index is 13.3. The quantitative estimate of drug-likeness (QED) is 0.159. The molecule has 0 radical (unpaired) electrons. The molecule has 1 N–H and O–H groups in total. The van der Waals surface area contributed by atoms with Gasteiger partial charge in [-0.1, -0.05) is 82.9 Å². The maximum atomic E-state index is 13.3. The van der Waals surface area contributed by atoms with Crippen LogP contribution in [0.3, 0.4) is 0 Å². The van der Waals surface area contributed by atoms with E-state index in [-0.39, 0.29) is 24.1 Å². The number of ether oxygens (including phenoxy) is 2. The molecule has 0 spiro atoms. The van der Waals surface area contributed by atoms with Crippen molar-refractivity contribution in [3.05, 3.63) is 59.4 Å². The standard InChI is InChI=1S/C36H53FN2O3.ClH/c1-4-5-6-7-8-9-10-11-22-36(28-38,31-16-19-33(41-2)34(27-31)42-3)23-12-13-24-39-25-20-30(21-26-39)35(40)29-14-17-32(37)18-15-29;/h14-19,27,30,35,40H,4-13,20-26H2,1-3H3;1H. The average molecular weight is 617 g/mol. The van der Waals surface area contributed by atoms with Gasteiger partial charge in [0.05, 0.1) is 31.8 Å². The number of halogens is 2. The van der Waals surface area contributed by atoms with Crippen LogP contribution in [-0.2, 0) is 5.41 Å². The highest BCUT2D eigenvalue weighted by atomic mass is 35.5. The monoisotopic (exact) mass is 616 g/mol. The molecule has 2 aromatic rings. The van der Waals surface area contributed by atoms with Crippen molar-refractivity contribution in [3.63, 3.8) is 0 Å². The molecule has 2 unspecified atom stereocenters. The third-order valence-electron chi connectivity index (χ3n) is 9.23. The lowest BCUT2D eigenvalue weighted by molar-refractivity contribution is 0.0583. The first-order valence-electron chi connectivity index (χ1n) is 16.3. The number of likely N-dealkylation sites (tertiary alicyclic amines) is 1. The first-order valence-corrected chi connectivity index (χ1v) is 16.3. The predicted octanol–water partition coefficient (Wildman–Crippen LogP) is 9.17. The molecule has 43 heavy (non-hydrogen) atoms. The van der Waals surface area contributed by atoms with Crippen LogP contribution in [0.25, 0.3) is 0 Å². The Morgan fingerprint density at radius 2 is 1.47 bits per heavy atom. The van der Waals surface area contributed by atoms with E-state index in [2.05, 4.69) is 17.9 Å². The average Bonchev–Trinajstić information content (AvgIpc) is 3.03. The van der Waals surface area contributed by atoms with E-state index in [0.29, 0.717) is 11.5 Å². The van der Waals surface area contributed by atoms with Crippen LogP contribution in [0.4, 0.5) is 4.39 Å². The van der Waals surface area contributed by atoms with Gasteiger partial charge >= 0.3 is 0 Å². The van der Waals surface area contributed by atoms with Gasteiger partial charge in [0.1, 0.15) is 5.82 Å². The van der Waals surface area contributed by atoms with Crippen LogP contribution >= 0.6 is 12.4 Å². The number of aliphatic hydroxyl groups is 1. The Kier molecular flexibility index (Phi) is 17.0. The minimum Gasteiger partial charge on any atom is -0.493 e. The Hall–Kier alpha value is -2.33. The number of benzene rings is 2. The number of piperidine rings is 1. The number of nitrogens with zero attached hydrogens (tertiary/aromatic N) is 2. The lowest BCUT2D eigenvalue weighted by Gasteiger charge is -2.34. The Balaban J connectivity index is 0.00000645. The van der Waals surface area contributed by atoms with Crippen molar-refractivity contribution in [3.8, 4) is 17.6 Å². The fourth-order valence-corrected chi connectivity index (χ4v) is 6.47. The van der Waals surface area contributed by atoms with E-state index in [1.165, 1.54) is 57.1 Å². The Labute approximate surface area is 266 Å². The number of aliphatic hydroxyl groups excluding tert-OH is 1. The van der Waals surface area contributed by atoms with Crippen LogP contribution in [0.5, 0.6) is 11.5 Å². The SMILES string of the molecule is CCCCCCCCCCC(C#N)(CCCCN1CCC(C(O)c2ccc(F)cc2)CC1)c1ccc(OC)c(OC)c1.Cl. The number of hydrogen-bond acceptors (Lipinski definition) is 5. The molecule has 3 rings (SSSR count). The summed E-state index contributed by atoms with van der Waals surface area (Å²) >= 11 is 0. The Morgan fingerprint density at radius 3 is 2.05 bits per heavy atom. The van der Waals surface area contributed by atoms with Crippen LogP contribution < -0.4 is 9.47 Å². The summed E-state index contributed by atoms with van der Waals surface area (Å²) in [5.74, 6) is 1.30. The van der Waals surface area contributed by atoms with Gasteiger partial charge in [0.25, 0.3) is 0 Å². The van der Waals surface area contributed by atoms with Gasteiger partial charge in [-0.15, -0.1) is 12.4 Å². The molecule has 0 amide bonds. The summed E-state index contributed by atoms with van der Waals surface area (Å²) in [5, 5.41) is 21.4. The van der Waals surface area contributed by atoms with Crippen molar-refractivity contribution in [1.29, 1.82) is 5.26 Å². The lowest BCUT2D eigenvalue weighted by atomic mass is 9.73. The summed E-state index contributed by atoms with van der Waals surface area (Å²) in [6.45, 7) is 5.17.